The minimum atomic E-state index is -4.78. The van der Waals surface area contributed by atoms with Crippen LogP contribution in [0.25, 0.3) is 0 Å². The van der Waals surface area contributed by atoms with Crippen LogP contribution in [0.5, 0.6) is 0 Å². The van der Waals surface area contributed by atoms with Crippen molar-refractivity contribution in [1.82, 2.24) is 4.98 Å². The van der Waals surface area contributed by atoms with Gasteiger partial charge >= 0.3 is 12.1 Å². The first-order valence-electron chi connectivity index (χ1n) is 4.27. The van der Waals surface area contributed by atoms with Crippen molar-refractivity contribution in [2.75, 3.05) is 6.61 Å². The third-order valence-corrected chi connectivity index (χ3v) is 1.64. The molecule has 0 saturated heterocycles. The quantitative estimate of drug-likeness (QED) is 0.450. The van der Waals surface area contributed by atoms with Crippen molar-refractivity contribution in [3.05, 3.63) is 29.3 Å². The number of hydrogen-bond acceptors (Lipinski definition) is 3. The first-order chi connectivity index (χ1) is 7.36. The highest BCUT2D eigenvalue weighted by Gasteiger charge is 2.37. The number of nitrogens with zero attached hydrogens (tertiary/aromatic N) is 1. The monoisotopic (exact) mass is 237 g/mol. The molecule has 1 aromatic heterocycles. The molecule has 16 heavy (non-hydrogen) atoms. The number of halogens is 4. The van der Waals surface area contributed by atoms with E-state index in [1.807, 2.05) is 0 Å². The van der Waals surface area contributed by atoms with Gasteiger partial charge in [-0.05, 0) is 19.1 Å². The van der Waals surface area contributed by atoms with Gasteiger partial charge in [-0.3, -0.25) is 0 Å². The standard InChI is InChI=1S/C9H7F4NO2/c1-2-16-8(15)7-5(9(11,12)13)3-4-6(10)14-7/h3-4H,2H2,1H3. The Kier molecular flexibility index (Phi) is 3.46. The van der Waals surface area contributed by atoms with E-state index in [1.54, 1.807) is 0 Å². The molecule has 1 aromatic rings. The summed E-state index contributed by atoms with van der Waals surface area (Å²) in [6.45, 7) is 1.30. The molecule has 0 saturated carbocycles. The van der Waals surface area contributed by atoms with E-state index in [1.165, 1.54) is 6.92 Å². The number of pyridine rings is 1. The summed E-state index contributed by atoms with van der Waals surface area (Å²) in [6.07, 6.45) is -4.78. The predicted octanol–water partition coefficient (Wildman–Crippen LogP) is 2.42. The maximum absolute atomic E-state index is 12.6. The molecule has 7 heteroatoms. The van der Waals surface area contributed by atoms with Gasteiger partial charge in [-0.25, -0.2) is 9.78 Å². The number of ether oxygens (including phenoxy) is 1. The van der Waals surface area contributed by atoms with Crippen LogP contribution < -0.4 is 0 Å². The fourth-order valence-corrected chi connectivity index (χ4v) is 1.02. The Labute approximate surface area is 88.0 Å². The van der Waals surface area contributed by atoms with Crippen LogP contribution in [0, 0.1) is 5.95 Å². The first kappa shape index (κ1) is 12.4. The normalized spacial score (nSPS) is 11.3. The van der Waals surface area contributed by atoms with Crippen LogP contribution in [0.3, 0.4) is 0 Å². The third-order valence-electron chi connectivity index (χ3n) is 1.64. The molecular weight excluding hydrogens is 230 g/mol. The van der Waals surface area contributed by atoms with Crippen molar-refractivity contribution >= 4 is 5.97 Å². The average Bonchev–Trinajstić information content (AvgIpc) is 2.16. The van der Waals surface area contributed by atoms with Crippen LogP contribution in [0.15, 0.2) is 12.1 Å². The van der Waals surface area contributed by atoms with E-state index in [0.717, 1.165) is 0 Å². The van der Waals surface area contributed by atoms with Crippen LogP contribution in [0.2, 0.25) is 0 Å². The number of hydrogen-bond donors (Lipinski definition) is 0. The Morgan fingerprint density at radius 3 is 2.56 bits per heavy atom. The molecule has 0 atom stereocenters. The van der Waals surface area contributed by atoms with Gasteiger partial charge < -0.3 is 4.74 Å². The van der Waals surface area contributed by atoms with Gasteiger partial charge in [-0.15, -0.1) is 0 Å². The molecule has 1 heterocycles. The minimum absolute atomic E-state index is 0.117. The first-order valence-corrected chi connectivity index (χ1v) is 4.27. The fraction of sp³-hybridized carbons (Fsp3) is 0.333. The van der Waals surface area contributed by atoms with Gasteiger partial charge in [0.2, 0.25) is 5.95 Å². The van der Waals surface area contributed by atoms with Crippen molar-refractivity contribution in [1.29, 1.82) is 0 Å². The smallest absolute Gasteiger partial charge is 0.418 e. The Morgan fingerprint density at radius 1 is 1.44 bits per heavy atom. The molecule has 0 fully saturated rings. The molecule has 1 rings (SSSR count). The zero-order valence-corrected chi connectivity index (χ0v) is 8.14. The number of esters is 1. The molecule has 0 bridgehead atoms. The number of aromatic nitrogens is 1. The molecule has 88 valence electrons. The van der Waals surface area contributed by atoms with Gasteiger partial charge in [0.05, 0.1) is 12.2 Å². The largest absolute Gasteiger partial charge is 0.461 e. The number of alkyl halides is 3. The molecule has 0 aliphatic rings. The molecule has 0 amide bonds. The number of rotatable bonds is 2. The van der Waals surface area contributed by atoms with Crippen LogP contribution in [0.4, 0.5) is 17.6 Å². The highest BCUT2D eigenvalue weighted by atomic mass is 19.4. The van der Waals surface area contributed by atoms with Gasteiger partial charge in [-0.2, -0.15) is 17.6 Å². The lowest BCUT2D eigenvalue weighted by Gasteiger charge is -2.10. The summed E-state index contributed by atoms with van der Waals surface area (Å²) < 4.78 is 54.2. The minimum Gasteiger partial charge on any atom is -0.461 e. The van der Waals surface area contributed by atoms with Crippen molar-refractivity contribution in [3.8, 4) is 0 Å². The van der Waals surface area contributed by atoms with E-state index >= 15 is 0 Å². The molecule has 0 aliphatic carbocycles. The second-order valence-electron chi connectivity index (χ2n) is 2.75. The summed E-state index contributed by atoms with van der Waals surface area (Å²) in [5, 5.41) is 0. The van der Waals surface area contributed by atoms with E-state index in [0.29, 0.717) is 12.1 Å². The van der Waals surface area contributed by atoms with Gasteiger partial charge in [0.25, 0.3) is 0 Å². The van der Waals surface area contributed by atoms with Crippen molar-refractivity contribution < 1.29 is 27.1 Å². The maximum atomic E-state index is 12.6. The van der Waals surface area contributed by atoms with E-state index in [4.69, 9.17) is 0 Å². The van der Waals surface area contributed by atoms with Crippen molar-refractivity contribution in [2.45, 2.75) is 13.1 Å². The second-order valence-corrected chi connectivity index (χ2v) is 2.75. The Hall–Kier alpha value is -1.66. The topological polar surface area (TPSA) is 39.2 Å². The SMILES string of the molecule is CCOC(=O)c1nc(F)ccc1C(F)(F)F. The molecule has 0 radical (unpaired) electrons. The number of carbonyl (C=O) groups excluding carboxylic acids is 1. The summed E-state index contributed by atoms with van der Waals surface area (Å²) in [7, 11) is 0. The van der Waals surface area contributed by atoms with E-state index < -0.39 is 29.4 Å². The maximum Gasteiger partial charge on any atom is 0.418 e. The van der Waals surface area contributed by atoms with Gasteiger partial charge in [0.15, 0.2) is 5.69 Å². The summed E-state index contributed by atoms with van der Waals surface area (Å²) in [5.41, 5.74) is -2.37. The Balaban J connectivity index is 3.24. The van der Waals surface area contributed by atoms with Crippen LogP contribution in [-0.4, -0.2) is 17.6 Å². The van der Waals surface area contributed by atoms with Crippen LogP contribution >= 0.6 is 0 Å². The molecule has 0 aliphatic heterocycles. The predicted molar refractivity (Wildman–Crippen MR) is 45.2 cm³/mol. The van der Waals surface area contributed by atoms with E-state index in [-0.39, 0.29) is 6.61 Å². The van der Waals surface area contributed by atoms with Gasteiger partial charge in [0.1, 0.15) is 0 Å². The third kappa shape index (κ3) is 2.68. The Bertz CT molecular complexity index is 403. The second kappa shape index (κ2) is 4.46. The van der Waals surface area contributed by atoms with Crippen molar-refractivity contribution in [3.63, 3.8) is 0 Å². The number of carbonyl (C=O) groups is 1. The van der Waals surface area contributed by atoms with E-state index in [9.17, 15) is 22.4 Å². The zero-order valence-electron chi connectivity index (χ0n) is 8.14. The molecule has 0 spiro atoms. The lowest BCUT2D eigenvalue weighted by molar-refractivity contribution is -0.138. The summed E-state index contributed by atoms with van der Waals surface area (Å²) in [4.78, 5) is 14.0. The average molecular weight is 237 g/mol. The van der Waals surface area contributed by atoms with Crippen molar-refractivity contribution in [2.24, 2.45) is 0 Å². The fourth-order valence-electron chi connectivity index (χ4n) is 1.02. The van der Waals surface area contributed by atoms with E-state index in [2.05, 4.69) is 9.72 Å². The Morgan fingerprint density at radius 2 is 2.06 bits per heavy atom. The summed E-state index contributed by atoms with van der Waals surface area (Å²) in [6, 6.07) is 0.986. The molecular formula is C9H7F4NO2. The molecule has 0 unspecified atom stereocenters. The van der Waals surface area contributed by atoms with Crippen LogP contribution in [-0.2, 0) is 10.9 Å². The lowest BCUT2D eigenvalue weighted by Crippen LogP contribution is -2.17. The summed E-state index contributed by atoms with van der Waals surface area (Å²) >= 11 is 0. The zero-order chi connectivity index (χ0) is 12.3. The summed E-state index contributed by atoms with van der Waals surface area (Å²) in [5.74, 6) is -2.47. The highest BCUT2D eigenvalue weighted by molar-refractivity contribution is 5.89. The lowest BCUT2D eigenvalue weighted by atomic mass is 10.2. The molecule has 0 N–H and O–H groups in total. The molecule has 0 aromatic carbocycles. The van der Waals surface area contributed by atoms with Gasteiger partial charge in [-0.1, -0.05) is 0 Å². The van der Waals surface area contributed by atoms with Gasteiger partial charge in [0, 0.05) is 0 Å². The highest BCUT2D eigenvalue weighted by Crippen LogP contribution is 2.31. The molecule has 3 nitrogen and oxygen atoms in total. The van der Waals surface area contributed by atoms with Crippen LogP contribution in [0.1, 0.15) is 23.0 Å².